The second kappa shape index (κ2) is 19.1. The monoisotopic (exact) mass is 588 g/mol. The van der Waals surface area contributed by atoms with Crippen molar-refractivity contribution in [1.29, 1.82) is 0 Å². The van der Waals surface area contributed by atoms with Crippen LogP contribution in [0, 0.1) is 20.8 Å². The molecule has 0 unspecified atom stereocenters. The van der Waals surface area contributed by atoms with E-state index in [4.69, 9.17) is 4.65 Å². The molecule has 236 valence electrons. The number of benzene rings is 3. The Balaban J connectivity index is 0.000000332. The molecule has 0 aliphatic carbocycles. The third-order valence-corrected chi connectivity index (χ3v) is 8.60. The maximum atomic E-state index is 9.77. The number of nitrogens with zero attached hydrogens (tertiary/aromatic N) is 1. The third-order valence-electron chi connectivity index (χ3n) is 8.60. The maximum absolute atomic E-state index is 9.77. The highest BCUT2D eigenvalue weighted by Crippen LogP contribution is 2.41. The minimum Gasteiger partial charge on any atom is -0.402 e. The minimum absolute atomic E-state index is 0.837. The molecular weight excluding hydrogens is 529 g/mol. The molecule has 4 nitrogen and oxygen atoms in total. The van der Waals surface area contributed by atoms with Crippen molar-refractivity contribution < 1.29 is 19.2 Å². The van der Waals surface area contributed by atoms with Crippen molar-refractivity contribution in [3.05, 3.63) is 106 Å². The Labute approximate surface area is 263 Å². The van der Waals surface area contributed by atoms with Crippen LogP contribution in [-0.2, 0) is 10.3 Å². The van der Waals surface area contributed by atoms with E-state index in [-0.39, 0.29) is 0 Å². The fourth-order valence-electron chi connectivity index (χ4n) is 5.87. The van der Waals surface area contributed by atoms with Gasteiger partial charge in [-0.2, -0.15) is 0 Å². The second-order valence-corrected chi connectivity index (χ2v) is 12.4. The summed E-state index contributed by atoms with van der Waals surface area (Å²) in [6, 6.07) is 23.8. The van der Waals surface area contributed by atoms with Crippen LogP contribution >= 0.6 is 0 Å². The topological polar surface area (TPSA) is 49.7 Å². The minimum atomic E-state index is -1.92. The van der Waals surface area contributed by atoms with E-state index in [0.717, 1.165) is 33.4 Å². The van der Waals surface area contributed by atoms with Crippen LogP contribution in [0.1, 0.15) is 112 Å². The molecule has 0 aliphatic heterocycles. The van der Waals surface area contributed by atoms with Crippen LogP contribution in [0.2, 0.25) is 0 Å². The fourth-order valence-corrected chi connectivity index (χ4v) is 5.87. The van der Waals surface area contributed by atoms with E-state index < -0.39 is 12.9 Å². The predicted molar refractivity (Wildman–Crippen MR) is 184 cm³/mol. The first-order valence-electron chi connectivity index (χ1n) is 16.8. The molecule has 0 saturated carbocycles. The van der Waals surface area contributed by atoms with Gasteiger partial charge >= 0.3 is 7.32 Å². The molecule has 0 radical (unpaired) electrons. The van der Waals surface area contributed by atoms with Crippen molar-refractivity contribution in [2.24, 2.45) is 0 Å². The smallest absolute Gasteiger partial charge is 0.402 e. The lowest BCUT2D eigenvalue weighted by Crippen LogP contribution is -2.50. The van der Waals surface area contributed by atoms with E-state index in [1.165, 1.54) is 82.0 Å². The molecule has 3 aromatic rings. The molecule has 0 atom stereocenters. The summed E-state index contributed by atoms with van der Waals surface area (Å²) in [4.78, 5) is 0. The number of unbranched alkanes of at least 4 members (excludes halogenated alkanes) is 4. The highest BCUT2D eigenvalue weighted by molar-refractivity contribution is 6.33. The lowest BCUT2D eigenvalue weighted by Gasteiger charge is -2.39. The van der Waals surface area contributed by atoms with Crippen molar-refractivity contribution in [2.45, 2.75) is 105 Å². The summed E-state index contributed by atoms with van der Waals surface area (Å²) in [5.41, 5.74) is 4.76. The zero-order chi connectivity index (χ0) is 31.7. The van der Waals surface area contributed by atoms with Crippen LogP contribution in [0.25, 0.3) is 0 Å². The molecule has 0 aliphatic rings. The summed E-state index contributed by atoms with van der Waals surface area (Å²) in [7, 11) is -1.92. The van der Waals surface area contributed by atoms with Crippen LogP contribution in [0.15, 0.2) is 72.8 Å². The van der Waals surface area contributed by atoms with Gasteiger partial charge in [0.1, 0.15) is 5.60 Å². The molecule has 0 saturated heterocycles. The Hall–Kier alpha value is -2.44. The number of hydrogen-bond acceptors (Lipinski definition) is 3. The van der Waals surface area contributed by atoms with Crippen molar-refractivity contribution in [3.63, 3.8) is 0 Å². The van der Waals surface area contributed by atoms with E-state index >= 15 is 0 Å². The lowest BCUT2D eigenvalue weighted by atomic mass is 9.78. The molecule has 3 aromatic carbocycles. The summed E-state index contributed by atoms with van der Waals surface area (Å²) < 4.78 is 7.25. The van der Waals surface area contributed by atoms with Gasteiger partial charge < -0.3 is 19.2 Å². The van der Waals surface area contributed by atoms with Gasteiger partial charge in [-0.05, 0) is 63.1 Å². The van der Waals surface area contributed by atoms with Crippen molar-refractivity contribution >= 4 is 7.32 Å². The summed E-state index contributed by atoms with van der Waals surface area (Å²) in [5.74, 6) is 0. The summed E-state index contributed by atoms with van der Waals surface area (Å²) in [5, 5.41) is 19.5. The average molecular weight is 589 g/mol. The first kappa shape index (κ1) is 36.8. The number of aryl methyl sites for hydroxylation is 3. The van der Waals surface area contributed by atoms with Crippen molar-refractivity contribution in [3.8, 4) is 0 Å². The zero-order valence-corrected chi connectivity index (χ0v) is 28.2. The highest BCUT2D eigenvalue weighted by atomic mass is 16.6. The van der Waals surface area contributed by atoms with E-state index in [1.54, 1.807) is 0 Å². The Morgan fingerprint density at radius 3 is 0.977 bits per heavy atom. The quantitative estimate of drug-likeness (QED) is 0.0941. The van der Waals surface area contributed by atoms with Gasteiger partial charge in [0.2, 0.25) is 0 Å². The van der Waals surface area contributed by atoms with E-state index in [9.17, 15) is 10.0 Å². The molecule has 3 rings (SSSR count). The average Bonchev–Trinajstić information content (AvgIpc) is 3.01. The van der Waals surface area contributed by atoms with Crippen molar-refractivity contribution in [1.82, 2.24) is 0 Å². The predicted octanol–water partition coefficient (Wildman–Crippen LogP) is 8.89. The molecular formula is C38H59BNO3+. The molecule has 0 heterocycles. The van der Waals surface area contributed by atoms with Crippen LogP contribution in [0.5, 0.6) is 0 Å². The van der Waals surface area contributed by atoms with Crippen molar-refractivity contribution in [2.75, 3.05) is 26.2 Å². The molecule has 0 aromatic heterocycles. The normalized spacial score (nSPS) is 11.7. The summed E-state index contributed by atoms with van der Waals surface area (Å²) in [6.07, 6.45) is 11.1. The Morgan fingerprint density at radius 1 is 0.512 bits per heavy atom. The molecule has 0 fully saturated rings. The summed E-state index contributed by atoms with van der Waals surface area (Å²) >= 11 is 0. The fraction of sp³-hybridized carbons (Fsp3) is 0.526. The van der Waals surface area contributed by atoms with Gasteiger partial charge in [0.15, 0.2) is 0 Å². The van der Waals surface area contributed by atoms with Gasteiger partial charge in [0, 0.05) is 0 Å². The first-order chi connectivity index (χ1) is 20.7. The van der Waals surface area contributed by atoms with Gasteiger partial charge in [-0.15, -0.1) is 0 Å². The van der Waals surface area contributed by atoms with Crippen LogP contribution in [-0.4, -0.2) is 48.0 Å². The van der Waals surface area contributed by atoms with Gasteiger partial charge in [-0.3, -0.25) is 0 Å². The number of rotatable bonds is 17. The second-order valence-electron chi connectivity index (χ2n) is 12.4. The van der Waals surface area contributed by atoms with E-state index in [1.807, 2.05) is 93.6 Å². The maximum Gasteiger partial charge on any atom is 0.635 e. The standard InChI is InChI=1S/C22H23BO3.C16H36N/c1-16-4-10-19(11-5-16)22(26-23(24)25,20-12-6-17(2)7-13-20)21-14-8-18(3)9-15-21;1-5-9-13-17(14-10-6-2,15-11-7-3)16-12-8-4/h4-15,24-25H,1-3H3;5-16H2,1-4H3/q;+1. The molecule has 0 spiro atoms. The molecule has 0 bridgehead atoms. The molecule has 5 heteroatoms. The van der Waals surface area contributed by atoms with Gasteiger partial charge in [0.25, 0.3) is 0 Å². The van der Waals surface area contributed by atoms with Crippen LogP contribution < -0.4 is 0 Å². The third kappa shape index (κ3) is 11.2. The molecule has 43 heavy (non-hydrogen) atoms. The largest absolute Gasteiger partial charge is 0.635 e. The molecule has 2 N–H and O–H groups in total. The zero-order valence-electron chi connectivity index (χ0n) is 28.2. The van der Waals surface area contributed by atoms with Gasteiger partial charge in [-0.1, -0.05) is 143 Å². The molecule has 0 amide bonds. The first-order valence-corrected chi connectivity index (χ1v) is 16.8. The van der Waals surface area contributed by atoms with Gasteiger partial charge in [-0.25, -0.2) is 0 Å². The van der Waals surface area contributed by atoms with E-state index in [0.29, 0.717) is 0 Å². The highest BCUT2D eigenvalue weighted by Gasteiger charge is 2.40. The Kier molecular flexibility index (Phi) is 16.3. The van der Waals surface area contributed by atoms with E-state index in [2.05, 4.69) is 27.7 Å². The Bertz CT molecular complexity index is 995. The lowest BCUT2D eigenvalue weighted by molar-refractivity contribution is -0.929. The SMILES string of the molecule is CCCC[N+](CCCC)(CCCC)CCCC.Cc1ccc(C(OB(O)O)(c2ccc(C)cc2)c2ccc(C)cc2)cc1. The number of quaternary nitrogens is 1. The van der Waals surface area contributed by atoms with Gasteiger partial charge in [0.05, 0.1) is 26.2 Å². The van der Waals surface area contributed by atoms with Crippen LogP contribution in [0.4, 0.5) is 0 Å². The number of hydrogen-bond donors (Lipinski definition) is 2. The Morgan fingerprint density at radius 2 is 0.767 bits per heavy atom. The summed E-state index contributed by atoms with van der Waals surface area (Å²) in [6.45, 7) is 21.1. The van der Waals surface area contributed by atoms with Crippen LogP contribution in [0.3, 0.4) is 0 Å².